The summed E-state index contributed by atoms with van der Waals surface area (Å²) in [5.74, 6) is -1.03. The fourth-order valence-electron chi connectivity index (χ4n) is 3.93. The van der Waals surface area contributed by atoms with Crippen LogP contribution < -0.4 is 10.0 Å². The first-order chi connectivity index (χ1) is 14.2. The highest BCUT2D eigenvalue weighted by molar-refractivity contribution is 7.87. The van der Waals surface area contributed by atoms with Crippen LogP contribution in [0.4, 0.5) is 10.1 Å². The van der Waals surface area contributed by atoms with Crippen LogP contribution in [0.15, 0.2) is 12.1 Å². The molecular formula is C20H30FN3O5S. The summed E-state index contributed by atoms with van der Waals surface area (Å²) in [5.41, 5.74) is 0.766. The first kappa shape index (κ1) is 23.1. The van der Waals surface area contributed by atoms with Gasteiger partial charge in [-0.15, -0.1) is 0 Å². The highest BCUT2D eigenvalue weighted by atomic mass is 32.2. The van der Waals surface area contributed by atoms with E-state index >= 15 is 0 Å². The lowest BCUT2D eigenvalue weighted by Crippen LogP contribution is -2.64. The molecule has 8 nitrogen and oxygen atoms in total. The molecule has 1 aromatic rings. The fraction of sp³-hybridized carbons (Fsp3) is 0.650. The normalized spacial score (nSPS) is 21.4. The van der Waals surface area contributed by atoms with Crippen molar-refractivity contribution in [3.05, 3.63) is 29.1 Å². The molecule has 0 aliphatic carbocycles. The number of hydrogen-bond donors (Lipinski definition) is 3. The van der Waals surface area contributed by atoms with Crippen molar-refractivity contribution >= 4 is 21.8 Å². The molecule has 2 heterocycles. The van der Waals surface area contributed by atoms with Gasteiger partial charge in [-0.3, -0.25) is 4.79 Å². The van der Waals surface area contributed by atoms with E-state index in [2.05, 4.69) is 10.0 Å². The fourth-order valence-corrected chi connectivity index (χ4v) is 5.54. The SMILES string of the molecule is CCCc1cc(NC(=O)C2CCN(S(=O)(=O)NC3(CCO)COC3)C2)cc(C)c1F. The Balaban J connectivity index is 1.63. The molecule has 10 heteroatoms. The minimum absolute atomic E-state index is 0.0687. The van der Waals surface area contributed by atoms with E-state index in [1.807, 2.05) is 6.92 Å². The largest absolute Gasteiger partial charge is 0.396 e. The van der Waals surface area contributed by atoms with Gasteiger partial charge in [0, 0.05) is 25.4 Å². The molecule has 3 N–H and O–H groups in total. The molecule has 0 radical (unpaired) electrons. The Kier molecular flexibility index (Phi) is 7.13. The molecule has 1 atom stereocenters. The van der Waals surface area contributed by atoms with Crippen LogP contribution in [0, 0.1) is 18.7 Å². The Morgan fingerprint density at radius 2 is 2.13 bits per heavy atom. The zero-order valence-corrected chi connectivity index (χ0v) is 18.2. The molecule has 0 spiro atoms. The number of hydrogen-bond acceptors (Lipinski definition) is 5. The summed E-state index contributed by atoms with van der Waals surface area (Å²) in [7, 11) is -3.80. The van der Waals surface area contributed by atoms with Crippen LogP contribution in [0.5, 0.6) is 0 Å². The molecule has 1 aromatic carbocycles. The number of aliphatic hydroxyl groups is 1. The average Bonchev–Trinajstić information content (AvgIpc) is 3.15. The van der Waals surface area contributed by atoms with E-state index < -0.39 is 21.7 Å². The number of amides is 1. The second-order valence-electron chi connectivity index (χ2n) is 8.20. The molecule has 1 unspecified atom stereocenters. The lowest BCUT2D eigenvalue weighted by Gasteiger charge is -2.42. The summed E-state index contributed by atoms with van der Waals surface area (Å²) < 4.78 is 48.7. The van der Waals surface area contributed by atoms with Gasteiger partial charge in [0.15, 0.2) is 0 Å². The average molecular weight is 444 g/mol. The molecule has 2 fully saturated rings. The standard InChI is InChI=1S/C20H30FN3O5S/c1-3-4-15-10-17(9-14(2)18(15)21)22-19(26)16-5-7-24(11-16)30(27,28)23-20(6-8-25)12-29-13-20/h9-10,16,23,25H,3-8,11-13H2,1-2H3,(H,22,26). The minimum atomic E-state index is -3.80. The highest BCUT2D eigenvalue weighted by Crippen LogP contribution is 2.27. The summed E-state index contributed by atoms with van der Waals surface area (Å²) in [5, 5.41) is 12.0. The summed E-state index contributed by atoms with van der Waals surface area (Å²) in [6.45, 7) is 4.21. The Morgan fingerprint density at radius 1 is 1.40 bits per heavy atom. The molecule has 0 aromatic heterocycles. The third kappa shape index (κ3) is 5.00. The molecule has 2 aliphatic rings. The van der Waals surface area contributed by atoms with Crippen molar-refractivity contribution in [2.75, 3.05) is 38.2 Å². The zero-order valence-electron chi connectivity index (χ0n) is 17.4. The molecular weight excluding hydrogens is 413 g/mol. The van der Waals surface area contributed by atoms with Crippen molar-refractivity contribution in [2.24, 2.45) is 5.92 Å². The number of halogens is 1. The summed E-state index contributed by atoms with van der Waals surface area (Å²) in [6.07, 6.45) is 2.04. The lowest BCUT2D eigenvalue weighted by molar-refractivity contribution is -0.119. The maximum absolute atomic E-state index is 14.2. The number of benzene rings is 1. The van der Waals surface area contributed by atoms with Crippen molar-refractivity contribution in [1.29, 1.82) is 0 Å². The predicted octanol–water partition coefficient (Wildman–Crippen LogP) is 1.33. The number of carbonyl (C=O) groups is 1. The topological polar surface area (TPSA) is 108 Å². The monoisotopic (exact) mass is 443 g/mol. The molecule has 1 amide bonds. The van der Waals surface area contributed by atoms with E-state index in [0.29, 0.717) is 29.7 Å². The number of aliphatic hydroxyl groups excluding tert-OH is 1. The van der Waals surface area contributed by atoms with E-state index in [1.54, 1.807) is 19.1 Å². The second-order valence-corrected chi connectivity index (χ2v) is 9.87. The first-order valence-electron chi connectivity index (χ1n) is 10.3. The number of anilines is 1. The van der Waals surface area contributed by atoms with E-state index in [0.717, 1.165) is 6.42 Å². The maximum atomic E-state index is 14.2. The van der Waals surface area contributed by atoms with Gasteiger partial charge in [0.05, 0.1) is 24.7 Å². The van der Waals surface area contributed by atoms with Gasteiger partial charge in [0.1, 0.15) is 5.82 Å². The molecule has 2 aliphatic heterocycles. The van der Waals surface area contributed by atoms with Gasteiger partial charge >= 0.3 is 0 Å². The smallest absolute Gasteiger partial charge is 0.280 e. The Bertz CT molecular complexity index is 889. The third-order valence-corrected chi connectivity index (χ3v) is 7.37. The summed E-state index contributed by atoms with van der Waals surface area (Å²) in [4.78, 5) is 12.7. The van der Waals surface area contributed by atoms with Crippen LogP contribution in [0.2, 0.25) is 0 Å². The highest BCUT2D eigenvalue weighted by Gasteiger charge is 2.44. The molecule has 0 saturated carbocycles. The van der Waals surface area contributed by atoms with Crippen LogP contribution in [-0.2, 0) is 26.2 Å². The number of ether oxygens (including phenoxy) is 1. The van der Waals surface area contributed by atoms with Crippen molar-refractivity contribution in [3.8, 4) is 0 Å². The lowest BCUT2D eigenvalue weighted by atomic mass is 9.95. The van der Waals surface area contributed by atoms with E-state index in [9.17, 15) is 22.7 Å². The summed E-state index contributed by atoms with van der Waals surface area (Å²) >= 11 is 0. The van der Waals surface area contributed by atoms with Crippen molar-refractivity contribution < 1.29 is 27.4 Å². The summed E-state index contributed by atoms with van der Waals surface area (Å²) in [6, 6.07) is 3.23. The van der Waals surface area contributed by atoms with Crippen LogP contribution in [0.1, 0.15) is 37.3 Å². The van der Waals surface area contributed by atoms with Gasteiger partial charge in [-0.2, -0.15) is 17.4 Å². The van der Waals surface area contributed by atoms with Crippen LogP contribution in [0.3, 0.4) is 0 Å². The van der Waals surface area contributed by atoms with Crippen molar-refractivity contribution in [3.63, 3.8) is 0 Å². The van der Waals surface area contributed by atoms with Gasteiger partial charge in [-0.05, 0) is 49.4 Å². The molecule has 168 valence electrons. The van der Waals surface area contributed by atoms with E-state index in [1.165, 1.54) is 4.31 Å². The minimum Gasteiger partial charge on any atom is -0.396 e. The van der Waals surface area contributed by atoms with Crippen molar-refractivity contribution in [2.45, 2.75) is 45.1 Å². The van der Waals surface area contributed by atoms with Gasteiger partial charge in [0.2, 0.25) is 5.91 Å². The Hall–Kier alpha value is -1.59. The molecule has 3 rings (SSSR count). The molecule has 0 bridgehead atoms. The maximum Gasteiger partial charge on any atom is 0.280 e. The predicted molar refractivity (Wildman–Crippen MR) is 111 cm³/mol. The Morgan fingerprint density at radius 3 is 2.73 bits per heavy atom. The van der Waals surface area contributed by atoms with Gasteiger partial charge < -0.3 is 15.2 Å². The van der Waals surface area contributed by atoms with Gasteiger partial charge in [-0.1, -0.05) is 13.3 Å². The van der Waals surface area contributed by atoms with Crippen LogP contribution in [0.25, 0.3) is 0 Å². The van der Waals surface area contributed by atoms with E-state index in [-0.39, 0.29) is 51.1 Å². The number of aryl methyl sites for hydroxylation is 2. The van der Waals surface area contributed by atoms with Crippen LogP contribution >= 0.6 is 0 Å². The second kappa shape index (κ2) is 9.27. The Labute approximate surface area is 177 Å². The molecule has 30 heavy (non-hydrogen) atoms. The van der Waals surface area contributed by atoms with Crippen molar-refractivity contribution in [1.82, 2.24) is 9.03 Å². The number of carbonyl (C=O) groups excluding carboxylic acids is 1. The van der Waals surface area contributed by atoms with Gasteiger partial charge in [0.25, 0.3) is 10.2 Å². The molecule has 2 saturated heterocycles. The van der Waals surface area contributed by atoms with Gasteiger partial charge in [-0.25, -0.2) is 4.39 Å². The zero-order chi connectivity index (χ0) is 21.9. The first-order valence-corrected chi connectivity index (χ1v) is 11.7. The quantitative estimate of drug-likeness (QED) is 0.534. The number of nitrogens with one attached hydrogen (secondary N) is 2. The van der Waals surface area contributed by atoms with E-state index in [4.69, 9.17) is 4.74 Å². The number of rotatable bonds is 9. The van der Waals surface area contributed by atoms with Crippen LogP contribution in [-0.4, -0.2) is 62.2 Å². The number of nitrogens with zero attached hydrogens (tertiary/aromatic N) is 1. The third-order valence-electron chi connectivity index (χ3n) is 5.67.